The van der Waals surface area contributed by atoms with Gasteiger partial charge in [0, 0.05) is 6.42 Å². The molecule has 0 saturated heterocycles. The maximum absolute atomic E-state index is 11.3. The van der Waals surface area contributed by atoms with Crippen LogP contribution in [0.1, 0.15) is 46.0 Å². The van der Waals surface area contributed by atoms with Gasteiger partial charge >= 0.3 is 0 Å². The molecule has 0 aliphatic rings. The van der Waals surface area contributed by atoms with Gasteiger partial charge in [-0.25, -0.2) is 0 Å². The SMILES string of the molecule is C=C(C)C(=O)CCC(CCC)CCN. The fourth-order valence-electron chi connectivity index (χ4n) is 1.63. The van der Waals surface area contributed by atoms with Crippen molar-refractivity contribution >= 4 is 5.78 Å². The van der Waals surface area contributed by atoms with Crippen molar-refractivity contribution in [2.45, 2.75) is 46.0 Å². The van der Waals surface area contributed by atoms with Gasteiger partial charge in [0.2, 0.25) is 0 Å². The molecule has 2 heteroatoms. The molecule has 0 aromatic heterocycles. The van der Waals surface area contributed by atoms with E-state index in [-0.39, 0.29) is 5.78 Å². The Morgan fingerprint density at radius 2 is 2.00 bits per heavy atom. The van der Waals surface area contributed by atoms with E-state index in [9.17, 15) is 4.79 Å². The molecule has 0 aliphatic carbocycles. The monoisotopic (exact) mass is 197 g/mol. The van der Waals surface area contributed by atoms with Gasteiger partial charge < -0.3 is 5.73 Å². The molecule has 0 amide bonds. The Balaban J connectivity index is 3.80. The fourth-order valence-corrected chi connectivity index (χ4v) is 1.63. The van der Waals surface area contributed by atoms with Crippen LogP contribution in [0.3, 0.4) is 0 Å². The van der Waals surface area contributed by atoms with Crippen molar-refractivity contribution in [2.75, 3.05) is 6.54 Å². The summed E-state index contributed by atoms with van der Waals surface area (Å²) in [5.41, 5.74) is 6.20. The molecule has 82 valence electrons. The number of ketones is 1. The van der Waals surface area contributed by atoms with Crippen LogP contribution in [0.2, 0.25) is 0 Å². The van der Waals surface area contributed by atoms with Crippen molar-refractivity contribution in [1.29, 1.82) is 0 Å². The highest BCUT2D eigenvalue weighted by atomic mass is 16.1. The molecule has 14 heavy (non-hydrogen) atoms. The number of hydrogen-bond donors (Lipinski definition) is 1. The van der Waals surface area contributed by atoms with E-state index in [0.29, 0.717) is 17.9 Å². The first-order valence-electron chi connectivity index (χ1n) is 5.50. The summed E-state index contributed by atoms with van der Waals surface area (Å²) in [5, 5.41) is 0. The molecule has 2 nitrogen and oxygen atoms in total. The lowest BCUT2D eigenvalue weighted by molar-refractivity contribution is -0.115. The van der Waals surface area contributed by atoms with Crippen LogP contribution in [0.4, 0.5) is 0 Å². The predicted octanol–water partition coefficient (Wildman–Crippen LogP) is 2.68. The van der Waals surface area contributed by atoms with Crippen LogP contribution in [0.25, 0.3) is 0 Å². The van der Waals surface area contributed by atoms with Gasteiger partial charge in [-0.15, -0.1) is 0 Å². The Labute approximate surface area is 87.6 Å². The van der Waals surface area contributed by atoms with E-state index >= 15 is 0 Å². The van der Waals surface area contributed by atoms with Crippen LogP contribution in [-0.2, 0) is 4.79 Å². The molecule has 1 atom stereocenters. The van der Waals surface area contributed by atoms with Gasteiger partial charge in [0.1, 0.15) is 0 Å². The lowest BCUT2D eigenvalue weighted by Crippen LogP contribution is -2.11. The second-order valence-electron chi connectivity index (χ2n) is 3.97. The van der Waals surface area contributed by atoms with Gasteiger partial charge in [-0.2, -0.15) is 0 Å². The molecular weight excluding hydrogens is 174 g/mol. The van der Waals surface area contributed by atoms with Crippen LogP contribution in [0.15, 0.2) is 12.2 Å². The zero-order chi connectivity index (χ0) is 11.0. The highest BCUT2D eigenvalue weighted by molar-refractivity contribution is 5.93. The Morgan fingerprint density at radius 3 is 2.43 bits per heavy atom. The average molecular weight is 197 g/mol. The normalized spacial score (nSPS) is 12.5. The van der Waals surface area contributed by atoms with E-state index in [1.165, 1.54) is 12.8 Å². The maximum atomic E-state index is 11.3. The predicted molar refractivity (Wildman–Crippen MR) is 61.1 cm³/mol. The Bertz CT molecular complexity index is 181. The summed E-state index contributed by atoms with van der Waals surface area (Å²) in [4.78, 5) is 11.3. The van der Waals surface area contributed by atoms with E-state index in [2.05, 4.69) is 13.5 Å². The molecule has 0 bridgehead atoms. The molecule has 0 heterocycles. The van der Waals surface area contributed by atoms with E-state index in [4.69, 9.17) is 5.73 Å². The minimum atomic E-state index is 0.197. The van der Waals surface area contributed by atoms with Crippen molar-refractivity contribution in [3.05, 3.63) is 12.2 Å². The lowest BCUT2D eigenvalue weighted by atomic mass is 9.92. The number of allylic oxidation sites excluding steroid dienone is 1. The first kappa shape index (κ1) is 13.4. The van der Waals surface area contributed by atoms with E-state index in [0.717, 1.165) is 19.4 Å². The van der Waals surface area contributed by atoms with Gasteiger partial charge in [-0.1, -0.05) is 26.3 Å². The van der Waals surface area contributed by atoms with Crippen molar-refractivity contribution < 1.29 is 4.79 Å². The molecule has 0 saturated carbocycles. The first-order chi connectivity index (χ1) is 6.61. The number of carbonyl (C=O) groups is 1. The Hall–Kier alpha value is -0.630. The number of rotatable bonds is 8. The minimum absolute atomic E-state index is 0.197. The third kappa shape index (κ3) is 5.92. The molecule has 0 rings (SSSR count). The van der Waals surface area contributed by atoms with E-state index in [1.807, 2.05) is 0 Å². The topological polar surface area (TPSA) is 43.1 Å². The molecule has 0 aliphatic heterocycles. The molecule has 2 N–H and O–H groups in total. The van der Waals surface area contributed by atoms with Gasteiger partial charge in [0.05, 0.1) is 0 Å². The molecule has 0 fully saturated rings. The van der Waals surface area contributed by atoms with Crippen LogP contribution < -0.4 is 5.73 Å². The zero-order valence-electron chi connectivity index (χ0n) is 9.51. The molecular formula is C12H23NO. The maximum Gasteiger partial charge on any atom is 0.157 e. The third-order valence-corrected chi connectivity index (χ3v) is 2.53. The summed E-state index contributed by atoms with van der Waals surface area (Å²) in [5.74, 6) is 0.816. The molecule has 1 unspecified atom stereocenters. The summed E-state index contributed by atoms with van der Waals surface area (Å²) < 4.78 is 0. The minimum Gasteiger partial charge on any atom is -0.330 e. The van der Waals surface area contributed by atoms with Gasteiger partial charge in [0.15, 0.2) is 5.78 Å². The summed E-state index contributed by atoms with van der Waals surface area (Å²) >= 11 is 0. The molecule has 0 aromatic rings. The number of carbonyl (C=O) groups excluding carboxylic acids is 1. The summed E-state index contributed by atoms with van der Waals surface area (Å²) in [7, 11) is 0. The molecule has 0 aromatic carbocycles. The summed E-state index contributed by atoms with van der Waals surface area (Å²) in [6.45, 7) is 8.33. The molecule has 0 radical (unpaired) electrons. The number of nitrogens with two attached hydrogens (primary N) is 1. The van der Waals surface area contributed by atoms with Crippen LogP contribution in [-0.4, -0.2) is 12.3 Å². The molecule has 0 spiro atoms. The van der Waals surface area contributed by atoms with Crippen LogP contribution in [0, 0.1) is 5.92 Å². The van der Waals surface area contributed by atoms with Crippen molar-refractivity contribution in [1.82, 2.24) is 0 Å². The Morgan fingerprint density at radius 1 is 1.36 bits per heavy atom. The standard InChI is InChI=1S/C12H23NO/c1-4-5-11(8-9-13)6-7-12(14)10(2)3/h11H,2,4-9,13H2,1,3H3. The smallest absolute Gasteiger partial charge is 0.157 e. The summed E-state index contributed by atoms with van der Waals surface area (Å²) in [6.07, 6.45) is 5.00. The van der Waals surface area contributed by atoms with Crippen molar-refractivity contribution in [3.63, 3.8) is 0 Å². The quantitative estimate of drug-likeness (QED) is 0.608. The largest absolute Gasteiger partial charge is 0.330 e. The Kier molecular flexibility index (Phi) is 7.40. The lowest BCUT2D eigenvalue weighted by Gasteiger charge is -2.14. The second kappa shape index (κ2) is 7.74. The van der Waals surface area contributed by atoms with E-state index < -0.39 is 0 Å². The number of Topliss-reactive ketones (excluding diaryl/α,β-unsaturated/α-hetero) is 1. The highest BCUT2D eigenvalue weighted by Gasteiger charge is 2.10. The second-order valence-corrected chi connectivity index (χ2v) is 3.97. The van der Waals surface area contributed by atoms with E-state index in [1.54, 1.807) is 6.92 Å². The summed E-state index contributed by atoms with van der Waals surface area (Å²) in [6, 6.07) is 0. The third-order valence-electron chi connectivity index (χ3n) is 2.53. The van der Waals surface area contributed by atoms with Gasteiger partial charge in [0.25, 0.3) is 0 Å². The highest BCUT2D eigenvalue weighted by Crippen LogP contribution is 2.17. The first-order valence-corrected chi connectivity index (χ1v) is 5.50. The van der Waals surface area contributed by atoms with Crippen LogP contribution >= 0.6 is 0 Å². The van der Waals surface area contributed by atoms with Crippen LogP contribution in [0.5, 0.6) is 0 Å². The van der Waals surface area contributed by atoms with Crippen molar-refractivity contribution in [3.8, 4) is 0 Å². The zero-order valence-corrected chi connectivity index (χ0v) is 9.51. The average Bonchev–Trinajstić information content (AvgIpc) is 2.14. The fraction of sp³-hybridized carbons (Fsp3) is 0.750. The van der Waals surface area contributed by atoms with Gasteiger partial charge in [-0.05, 0) is 37.8 Å². The number of hydrogen-bond acceptors (Lipinski definition) is 2. The van der Waals surface area contributed by atoms with Gasteiger partial charge in [-0.3, -0.25) is 4.79 Å². The van der Waals surface area contributed by atoms with Crippen molar-refractivity contribution in [2.24, 2.45) is 11.7 Å².